The average Bonchev–Trinajstić information content (AvgIpc) is 2.14. The molecule has 1 aromatic rings. The van der Waals surface area contributed by atoms with Crippen LogP contribution in [-0.4, -0.2) is 15.3 Å². The van der Waals surface area contributed by atoms with Gasteiger partial charge in [0.05, 0.1) is 5.69 Å². The van der Waals surface area contributed by atoms with E-state index in [0.29, 0.717) is 5.15 Å². The highest BCUT2D eigenvalue weighted by Crippen LogP contribution is 2.22. The normalized spacial score (nSPS) is 12.2. The second-order valence-electron chi connectivity index (χ2n) is 4.14. The van der Waals surface area contributed by atoms with E-state index in [2.05, 4.69) is 5.10 Å². The molecule has 0 aromatic carbocycles. The van der Waals surface area contributed by atoms with Crippen LogP contribution in [0, 0.1) is 6.92 Å². The van der Waals surface area contributed by atoms with Gasteiger partial charge in [0.25, 0.3) is 0 Å². The first-order valence-electron chi connectivity index (χ1n) is 4.28. The highest BCUT2D eigenvalue weighted by molar-refractivity contribution is 6.30. The van der Waals surface area contributed by atoms with Crippen molar-refractivity contribution in [2.45, 2.75) is 32.7 Å². The van der Waals surface area contributed by atoms with Gasteiger partial charge in [-0.2, -0.15) is 5.10 Å². The maximum absolute atomic E-state index is 6.07. The largest absolute Gasteiger partial charge is 0.325 e. The van der Waals surface area contributed by atoms with Gasteiger partial charge in [0, 0.05) is 18.2 Å². The van der Waals surface area contributed by atoms with Crippen LogP contribution in [0.5, 0.6) is 0 Å². The molecule has 4 heteroatoms. The van der Waals surface area contributed by atoms with E-state index in [9.17, 15) is 0 Å². The molecule has 13 heavy (non-hydrogen) atoms. The predicted molar refractivity (Wildman–Crippen MR) is 54.9 cm³/mol. The monoisotopic (exact) mass is 201 g/mol. The molecular weight excluding hydrogens is 186 g/mol. The van der Waals surface area contributed by atoms with E-state index in [0.717, 1.165) is 17.7 Å². The quantitative estimate of drug-likeness (QED) is 0.791. The van der Waals surface area contributed by atoms with E-state index < -0.39 is 0 Å². The number of halogens is 1. The van der Waals surface area contributed by atoms with E-state index in [-0.39, 0.29) is 5.54 Å². The van der Waals surface area contributed by atoms with Gasteiger partial charge in [0.1, 0.15) is 5.15 Å². The standard InChI is InChI=1S/C9H16ClN3/c1-6-7(5-9(2,3)11)8(10)13(4)12-6/h5,11H2,1-4H3. The van der Waals surface area contributed by atoms with Gasteiger partial charge in [-0.25, -0.2) is 0 Å². The Labute approximate surface area is 83.9 Å². The molecule has 3 nitrogen and oxygen atoms in total. The molecule has 1 heterocycles. The number of nitrogens with two attached hydrogens (primary N) is 1. The summed E-state index contributed by atoms with van der Waals surface area (Å²) >= 11 is 6.07. The van der Waals surface area contributed by atoms with E-state index in [1.165, 1.54) is 0 Å². The number of hydrogen-bond donors (Lipinski definition) is 1. The smallest absolute Gasteiger partial charge is 0.130 e. The topological polar surface area (TPSA) is 43.8 Å². The molecule has 0 aliphatic heterocycles. The molecule has 2 N–H and O–H groups in total. The zero-order valence-corrected chi connectivity index (χ0v) is 9.31. The maximum Gasteiger partial charge on any atom is 0.130 e. The molecule has 0 amide bonds. The Hall–Kier alpha value is -0.540. The first-order chi connectivity index (χ1) is 5.81. The summed E-state index contributed by atoms with van der Waals surface area (Å²) in [6.45, 7) is 5.92. The Kier molecular flexibility index (Phi) is 2.68. The molecule has 0 fully saturated rings. The van der Waals surface area contributed by atoms with Crippen molar-refractivity contribution in [3.8, 4) is 0 Å². The van der Waals surface area contributed by atoms with Crippen LogP contribution in [0.2, 0.25) is 5.15 Å². The molecule has 0 saturated heterocycles. The Morgan fingerprint density at radius 2 is 2.08 bits per heavy atom. The van der Waals surface area contributed by atoms with Crippen molar-refractivity contribution in [2.24, 2.45) is 12.8 Å². The van der Waals surface area contributed by atoms with Crippen molar-refractivity contribution < 1.29 is 0 Å². The van der Waals surface area contributed by atoms with E-state index in [1.54, 1.807) is 4.68 Å². The van der Waals surface area contributed by atoms with Gasteiger partial charge in [0.15, 0.2) is 0 Å². The zero-order chi connectivity index (χ0) is 10.2. The Morgan fingerprint density at radius 3 is 2.38 bits per heavy atom. The first kappa shape index (κ1) is 10.5. The molecule has 0 bridgehead atoms. The van der Waals surface area contributed by atoms with Crippen molar-refractivity contribution >= 4 is 11.6 Å². The molecule has 1 aromatic heterocycles. The molecule has 0 spiro atoms. The van der Waals surface area contributed by atoms with Gasteiger partial charge in [0.2, 0.25) is 0 Å². The fourth-order valence-corrected chi connectivity index (χ4v) is 1.57. The Bertz CT molecular complexity index is 309. The molecule has 1 rings (SSSR count). The highest BCUT2D eigenvalue weighted by atomic mass is 35.5. The number of aryl methyl sites for hydroxylation is 2. The van der Waals surface area contributed by atoms with Crippen molar-refractivity contribution in [2.75, 3.05) is 0 Å². The number of aromatic nitrogens is 2. The van der Waals surface area contributed by atoms with E-state index >= 15 is 0 Å². The van der Waals surface area contributed by atoms with Crippen molar-refractivity contribution in [3.63, 3.8) is 0 Å². The van der Waals surface area contributed by atoms with Gasteiger partial charge in [-0.15, -0.1) is 0 Å². The van der Waals surface area contributed by atoms with Crippen LogP contribution in [0.1, 0.15) is 25.1 Å². The highest BCUT2D eigenvalue weighted by Gasteiger charge is 2.18. The van der Waals surface area contributed by atoms with E-state index in [1.807, 2.05) is 27.8 Å². The molecule has 0 radical (unpaired) electrons. The number of rotatable bonds is 2. The first-order valence-corrected chi connectivity index (χ1v) is 4.66. The van der Waals surface area contributed by atoms with Crippen LogP contribution in [0.4, 0.5) is 0 Å². The summed E-state index contributed by atoms with van der Waals surface area (Å²) in [5.41, 5.74) is 7.70. The van der Waals surface area contributed by atoms with Crippen molar-refractivity contribution in [3.05, 3.63) is 16.4 Å². The van der Waals surface area contributed by atoms with Crippen LogP contribution in [0.3, 0.4) is 0 Å². The van der Waals surface area contributed by atoms with Crippen LogP contribution in [0.25, 0.3) is 0 Å². The maximum atomic E-state index is 6.07. The fourth-order valence-electron chi connectivity index (χ4n) is 1.33. The molecule has 0 atom stereocenters. The van der Waals surface area contributed by atoms with Crippen LogP contribution in [0.15, 0.2) is 0 Å². The van der Waals surface area contributed by atoms with Gasteiger partial charge in [-0.3, -0.25) is 4.68 Å². The van der Waals surface area contributed by atoms with E-state index in [4.69, 9.17) is 17.3 Å². The Morgan fingerprint density at radius 1 is 1.54 bits per heavy atom. The lowest BCUT2D eigenvalue weighted by Crippen LogP contribution is -2.34. The van der Waals surface area contributed by atoms with Crippen LogP contribution < -0.4 is 5.73 Å². The summed E-state index contributed by atoms with van der Waals surface area (Å²) in [6.07, 6.45) is 0.755. The second kappa shape index (κ2) is 3.31. The summed E-state index contributed by atoms with van der Waals surface area (Å²) in [5.74, 6) is 0. The van der Waals surface area contributed by atoms with Gasteiger partial charge >= 0.3 is 0 Å². The SMILES string of the molecule is Cc1nn(C)c(Cl)c1CC(C)(C)N. The van der Waals surface area contributed by atoms with Gasteiger partial charge in [-0.05, 0) is 27.2 Å². The predicted octanol–water partition coefficient (Wildman–Crippen LogP) is 1.66. The van der Waals surface area contributed by atoms with Gasteiger partial charge < -0.3 is 5.73 Å². The minimum atomic E-state index is -0.239. The second-order valence-corrected chi connectivity index (χ2v) is 4.50. The van der Waals surface area contributed by atoms with Crippen molar-refractivity contribution in [1.29, 1.82) is 0 Å². The molecule has 74 valence electrons. The summed E-state index contributed by atoms with van der Waals surface area (Å²) < 4.78 is 1.68. The minimum Gasteiger partial charge on any atom is -0.325 e. The molecule has 0 aliphatic carbocycles. The third-order valence-electron chi connectivity index (χ3n) is 1.90. The van der Waals surface area contributed by atoms with Crippen LogP contribution in [-0.2, 0) is 13.5 Å². The summed E-state index contributed by atoms with van der Waals surface area (Å²) in [7, 11) is 1.84. The summed E-state index contributed by atoms with van der Waals surface area (Å²) in [6, 6.07) is 0. The number of nitrogens with zero attached hydrogens (tertiary/aromatic N) is 2. The lowest BCUT2D eigenvalue weighted by molar-refractivity contribution is 0.515. The third-order valence-corrected chi connectivity index (χ3v) is 2.38. The summed E-state index contributed by atoms with van der Waals surface area (Å²) in [5, 5.41) is 4.91. The van der Waals surface area contributed by atoms with Crippen molar-refractivity contribution in [1.82, 2.24) is 9.78 Å². The molecule has 0 saturated carbocycles. The zero-order valence-electron chi connectivity index (χ0n) is 8.56. The van der Waals surface area contributed by atoms with Gasteiger partial charge in [-0.1, -0.05) is 11.6 Å². The molecule has 0 unspecified atom stereocenters. The summed E-state index contributed by atoms with van der Waals surface area (Å²) in [4.78, 5) is 0. The lowest BCUT2D eigenvalue weighted by Gasteiger charge is -2.17. The molecular formula is C9H16ClN3. The average molecular weight is 202 g/mol. The molecule has 0 aliphatic rings. The lowest BCUT2D eigenvalue weighted by atomic mass is 9.97. The minimum absolute atomic E-state index is 0.239. The fraction of sp³-hybridized carbons (Fsp3) is 0.667. The number of hydrogen-bond acceptors (Lipinski definition) is 2. The van der Waals surface area contributed by atoms with Crippen LogP contribution >= 0.6 is 11.6 Å². The third kappa shape index (κ3) is 2.45. The Balaban J connectivity index is 3.01.